The van der Waals surface area contributed by atoms with Crippen molar-refractivity contribution in [3.05, 3.63) is 94.9 Å². The Hall–Kier alpha value is -3.59. The Labute approximate surface area is 200 Å². The van der Waals surface area contributed by atoms with Gasteiger partial charge in [-0.25, -0.2) is 0 Å². The van der Waals surface area contributed by atoms with E-state index in [2.05, 4.69) is 0 Å². The van der Waals surface area contributed by atoms with Crippen LogP contribution in [0.5, 0.6) is 0 Å². The summed E-state index contributed by atoms with van der Waals surface area (Å²) in [4.78, 5) is 29.3. The molecule has 9 heteroatoms. The SMILES string of the molecule is Cc1ccc(C(=O)N2CCO[C@@H](CN(Cc3ccco3)C(=O)c3ccc(C(F)(F)F)cc3)C2)cc1. The van der Waals surface area contributed by atoms with E-state index in [9.17, 15) is 22.8 Å². The number of morpholine rings is 1. The van der Waals surface area contributed by atoms with Crippen LogP contribution in [0.25, 0.3) is 0 Å². The lowest BCUT2D eigenvalue weighted by Gasteiger charge is -2.35. The van der Waals surface area contributed by atoms with Crippen LogP contribution in [0.3, 0.4) is 0 Å². The van der Waals surface area contributed by atoms with Gasteiger partial charge in [0, 0.05) is 30.8 Å². The molecule has 0 radical (unpaired) electrons. The third-order valence-electron chi connectivity index (χ3n) is 5.82. The Bertz CT molecular complexity index is 1140. The van der Waals surface area contributed by atoms with Crippen LogP contribution < -0.4 is 0 Å². The van der Waals surface area contributed by atoms with Crippen LogP contribution in [0.2, 0.25) is 0 Å². The molecule has 0 N–H and O–H groups in total. The summed E-state index contributed by atoms with van der Waals surface area (Å²) in [5, 5.41) is 0. The molecule has 0 unspecified atom stereocenters. The maximum Gasteiger partial charge on any atom is 0.416 e. The van der Waals surface area contributed by atoms with E-state index in [1.165, 1.54) is 11.2 Å². The minimum atomic E-state index is -4.49. The molecule has 2 amide bonds. The van der Waals surface area contributed by atoms with E-state index in [0.29, 0.717) is 24.5 Å². The second-order valence-electron chi connectivity index (χ2n) is 8.45. The average molecular weight is 486 g/mol. The van der Waals surface area contributed by atoms with E-state index in [1.54, 1.807) is 29.2 Å². The maximum absolute atomic E-state index is 13.2. The fraction of sp³-hybridized carbons (Fsp3) is 0.308. The molecule has 0 saturated carbocycles. The summed E-state index contributed by atoms with van der Waals surface area (Å²) < 4.78 is 50.0. The Morgan fingerprint density at radius 3 is 2.34 bits per heavy atom. The first-order chi connectivity index (χ1) is 16.7. The third-order valence-corrected chi connectivity index (χ3v) is 5.82. The number of alkyl halides is 3. The van der Waals surface area contributed by atoms with Gasteiger partial charge in [-0.15, -0.1) is 0 Å². The van der Waals surface area contributed by atoms with Crippen molar-refractivity contribution in [2.24, 2.45) is 0 Å². The molecule has 1 aromatic heterocycles. The normalized spacial score (nSPS) is 16.2. The van der Waals surface area contributed by atoms with Gasteiger partial charge in [-0.1, -0.05) is 17.7 Å². The number of ether oxygens (including phenoxy) is 1. The van der Waals surface area contributed by atoms with Gasteiger partial charge >= 0.3 is 6.18 Å². The number of carbonyl (C=O) groups is 2. The zero-order chi connectivity index (χ0) is 25.0. The van der Waals surface area contributed by atoms with Crippen LogP contribution >= 0.6 is 0 Å². The first-order valence-electron chi connectivity index (χ1n) is 11.2. The molecule has 0 bridgehead atoms. The highest BCUT2D eigenvalue weighted by molar-refractivity contribution is 5.95. The average Bonchev–Trinajstić information content (AvgIpc) is 3.36. The van der Waals surface area contributed by atoms with Crippen LogP contribution in [0, 0.1) is 6.92 Å². The molecule has 6 nitrogen and oxygen atoms in total. The number of aryl methyl sites for hydroxylation is 1. The lowest BCUT2D eigenvalue weighted by Crippen LogP contribution is -2.50. The van der Waals surface area contributed by atoms with Crippen molar-refractivity contribution in [2.45, 2.75) is 25.7 Å². The first kappa shape index (κ1) is 24.5. The number of hydrogen-bond donors (Lipinski definition) is 0. The van der Waals surface area contributed by atoms with E-state index in [0.717, 1.165) is 29.8 Å². The Balaban J connectivity index is 1.49. The number of hydrogen-bond acceptors (Lipinski definition) is 4. The number of rotatable bonds is 6. The van der Waals surface area contributed by atoms with E-state index < -0.39 is 23.8 Å². The van der Waals surface area contributed by atoms with Crippen LogP contribution in [-0.4, -0.2) is 54.0 Å². The van der Waals surface area contributed by atoms with Gasteiger partial charge in [0.15, 0.2) is 0 Å². The lowest BCUT2D eigenvalue weighted by molar-refractivity contribution is -0.137. The summed E-state index contributed by atoms with van der Waals surface area (Å²) in [6.45, 7) is 3.21. The van der Waals surface area contributed by atoms with Crippen molar-refractivity contribution < 1.29 is 31.9 Å². The second kappa shape index (κ2) is 10.4. The van der Waals surface area contributed by atoms with E-state index in [-0.39, 0.29) is 31.1 Å². The molecule has 0 spiro atoms. The highest BCUT2D eigenvalue weighted by Gasteiger charge is 2.32. The minimum absolute atomic E-state index is 0.110. The molecule has 4 rings (SSSR count). The van der Waals surface area contributed by atoms with E-state index in [1.807, 2.05) is 19.1 Å². The third kappa shape index (κ3) is 6.10. The van der Waals surface area contributed by atoms with Crippen molar-refractivity contribution in [1.82, 2.24) is 9.80 Å². The fourth-order valence-electron chi connectivity index (χ4n) is 3.93. The van der Waals surface area contributed by atoms with Gasteiger partial charge in [0.1, 0.15) is 5.76 Å². The van der Waals surface area contributed by atoms with Crippen LogP contribution in [0.15, 0.2) is 71.3 Å². The smallest absolute Gasteiger partial charge is 0.416 e. The molecule has 1 aliphatic rings. The number of furan rings is 1. The van der Waals surface area contributed by atoms with Gasteiger partial charge < -0.3 is 19.0 Å². The summed E-state index contributed by atoms with van der Waals surface area (Å²) >= 11 is 0. The standard InChI is InChI=1S/C26H25F3N2O4/c1-18-4-6-19(7-5-18)24(32)30-12-14-35-23(16-30)17-31(15-22-3-2-13-34-22)25(33)20-8-10-21(11-9-20)26(27,28)29/h2-11,13,23H,12,14-17H2,1H3/t23-/m1/s1. The zero-order valence-corrected chi connectivity index (χ0v) is 19.1. The van der Waals surface area contributed by atoms with Crippen molar-refractivity contribution in [3.63, 3.8) is 0 Å². The molecule has 1 atom stereocenters. The van der Waals surface area contributed by atoms with Crippen molar-refractivity contribution in [1.29, 1.82) is 0 Å². The molecule has 1 aliphatic heterocycles. The second-order valence-corrected chi connectivity index (χ2v) is 8.45. The topological polar surface area (TPSA) is 63.0 Å². The first-order valence-corrected chi connectivity index (χ1v) is 11.2. The van der Waals surface area contributed by atoms with Crippen LogP contribution in [0.4, 0.5) is 13.2 Å². The lowest BCUT2D eigenvalue weighted by atomic mass is 10.1. The predicted molar refractivity (Wildman–Crippen MR) is 122 cm³/mol. The van der Waals surface area contributed by atoms with E-state index in [4.69, 9.17) is 9.15 Å². The minimum Gasteiger partial charge on any atom is -0.467 e. The highest BCUT2D eigenvalue weighted by Crippen LogP contribution is 2.29. The van der Waals surface area contributed by atoms with Crippen molar-refractivity contribution in [3.8, 4) is 0 Å². The van der Waals surface area contributed by atoms with Crippen LogP contribution in [-0.2, 0) is 17.5 Å². The Morgan fingerprint density at radius 2 is 1.71 bits per heavy atom. The number of carbonyl (C=O) groups excluding carboxylic acids is 2. The quantitative estimate of drug-likeness (QED) is 0.503. The molecule has 1 fully saturated rings. The van der Waals surface area contributed by atoms with Gasteiger partial charge in [-0.3, -0.25) is 9.59 Å². The zero-order valence-electron chi connectivity index (χ0n) is 19.1. The summed E-state index contributed by atoms with van der Waals surface area (Å²) in [6, 6.07) is 14.8. The van der Waals surface area contributed by atoms with Gasteiger partial charge in [-0.2, -0.15) is 13.2 Å². The van der Waals surface area contributed by atoms with Crippen molar-refractivity contribution >= 4 is 11.8 Å². The number of halogens is 3. The van der Waals surface area contributed by atoms with Gasteiger partial charge in [-0.05, 0) is 55.5 Å². The van der Waals surface area contributed by atoms with Gasteiger partial charge in [0.25, 0.3) is 11.8 Å². The molecule has 1 saturated heterocycles. The highest BCUT2D eigenvalue weighted by atomic mass is 19.4. The summed E-state index contributed by atoms with van der Waals surface area (Å²) in [5.41, 5.74) is 0.918. The molecular formula is C26H25F3N2O4. The maximum atomic E-state index is 13.2. The number of nitrogens with zero attached hydrogens (tertiary/aromatic N) is 2. The molecule has 2 heterocycles. The molecule has 2 aromatic carbocycles. The molecule has 35 heavy (non-hydrogen) atoms. The van der Waals surface area contributed by atoms with Gasteiger partial charge in [0.2, 0.25) is 0 Å². The monoisotopic (exact) mass is 486 g/mol. The summed E-state index contributed by atoms with van der Waals surface area (Å²) in [6.07, 6.45) is -3.47. The summed E-state index contributed by atoms with van der Waals surface area (Å²) in [7, 11) is 0. The Morgan fingerprint density at radius 1 is 1.03 bits per heavy atom. The fourth-order valence-corrected chi connectivity index (χ4v) is 3.93. The summed E-state index contributed by atoms with van der Waals surface area (Å²) in [5.74, 6) is -0.0562. The molecule has 3 aromatic rings. The number of benzene rings is 2. The van der Waals surface area contributed by atoms with Gasteiger partial charge in [0.05, 0.1) is 31.1 Å². The predicted octanol–water partition coefficient (Wildman–Crippen LogP) is 4.79. The molecule has 184 valence electrons. The Kier molecular flexibility index (Phi) is 7.25. The largest absolute Gasteiger partial charge is 0.467 e. The molecular weight excluding hydrogens is 461 g/mol. The van der Waals surface area contributed by atoms with Crippen LogP contribution in [0.1, 0.15) is 37.6 Å². The number of amides is 2. The van der Waals surface area contributed by atoms with E-state index >= 15 is 0 Å². The van der Waals surface area contributed by atoms with Crippen molar-refractivity contribution in [2.75, 3.05) is 26.2 Å². The molecule has 0 aliphatic carbocycles.